The highest BCUT2D eigenvalue weighted by molar-refractivity contribution is 7.13. The van der Waals surface area contributed by atoms with Crippen molar-refractivity contribution in [1.82, 2.24) is 9.78 Å². The van der Waals surface area contributed by atoms with Gasteiger partial charge in [-0.2, -0.15) is 5.10 Å². The van der Waals surface area contributed by atoms with Crippen LogP contribution in [0.5, 0.6) is 0 Å². The molecule has 2 aliphatic rings. The molecule has 2 aromatic heterocycles. The number of aryl methyl sites for hydroxylation is 2. The summed E-state index contributed by atoms with van der Waals surface area (Å²) in [6.07, 6.45) is 12.2. The van der Waals surface area contributed by atoms with E-state index in [0.29, 0.717) is 12.3 Å². The molecule has 1 fully saturated rings. The van der Waals surface area contributed by atoms with Crippen molar-refractivity contribution >= 4 is 28.7 Å². The van der Waals surface area contributed by atoms with Gasteiger partial charge in [0.15, 0.2) is 5.78 Å². The molecule has 2 aliphatic carbocycles. The van der Waals surface area contributed by atoms with Gasteiger partial charge in [-0.15, -0.1) is 22.9 Å². The number of thiophene rings is 1. The van der Waals surface area contributed by atoms with Crippen molar-refractivity contribution in [2.45, 2.75) is 77.2 Å². The zero-order valence-corrected chi connectivity index (χ0v) is 17.6. The molecule has 146 valence electrons. The maximum Gasteiger partial charge on any atom is 0.183 e. The van der Waals surface area contributed by atoms with Crippen LogP contribution >= 0.6 is 22.9 Å². The largest absolute Gasteiger partial charge is 0.292 e. The van der Waals surface area contributed by atoms with E-state index in [1.807, 2.05) is 0 Å². The van der Waals surface area contributed by atoms with Gasteiger partial charge in [0, 0.05) is 24.4 Å². The lowest BCUT2D eigenvalue weighted by Gasteiger charge is -2.20. The summed E-state index contributed by atoms with van der Waals surface area (Å²) in [5, 5.41) is 7.05. The van der Waals surface area contributed by atoms with Gasteiger partial charge >= 0.3 is 0 Å². The first kappa shape index (κ1) is 19.2. The predicted molar refractivity (Wildman–Crippen MR) is 113 cm³/mol. The van der Waals surface area contributed by atoms with Gasteiger partial charge in [-0.05, 0) is 48.6 Å². The lowest BCUT2D eigenvalue weighted by atomic mass is 9.84. The minimum Gasteiger partial charge on any atom is -0.292 e. The van der Waals surface area contributed by atoms with Gasteiger partial charge < -0.3 is 0 Å². The quantitative estimate of drug-likeness (QED) is 0.295. The standard InChI is InChI=1S/C22H29ClN2OS/c23-12-5-2-6-13-25-21-18(10-9-17-11-14-27-22(17)21)20(24-25)19(26)15-16-7-3-1-4-8-16/h11,14,16H,1-10,12-13,15H2. The number of nitrogens with zero attached hydrogens (tertiary/aromatic N) is 2. The Balaban J connectivity index is 1.59. The van der Waals surface area contributed by atoms with E-state index in [0.717, 1.165) is 50.2 Å². The molecule has 27 heavy (non-hydrogen) atoms. The van der Waals surface area contributed by atoms with Crippen molar-refractivity contribution < 1.29 is 4.79 Å². The Morgan fingerprint density at radius 2 is 2.04 bits per heavy atom. The second-order valence-electron chi connectivity index (χ2n) is 8.05. The zero-order valence-electron chi connectivity index (χ0n) is 16.0. The van der Waals surface area contributed by atoms with Crippen molar-refractivity contribution in [3.63, 3.8) is 0 Å². The van der Waals surface area contributed by atoms with Crippen molar-refractivity contribution in [2.75, 3.05) is 5.88 Å². The first-order chi connectivity index (χ1) is 13.3. The van der Waals surface area contributed by atoms with E-state index < -0.39 is 0 Å². The molecule has 0 amide bonds. The number of alkyl halides is 1. The molecule has 2 heterocycles. The van der Waals surface area contributed by atoms with Crippen LogP contribution in [0.3, 0.4) is 0 Å². The Bertz CT molecular complexity index is 788. The number of hydrogen-bond donors (Lipinski definition) is 0. The SMILES string of the molecule is O=C(CC1CCCCC1)c1nn(CCCCCCl)c2c1CCc1ccsc1-2. The molecular formula is C22H29ClN2OS. The minimum absolute atomic E-state index is 0.276. The third-order valence-corrected chi connectivity index (χ3v) is 7.35. The van der Waals surface area contributed by atoms with Crippen LogP contribution in [0, 0.1) is 5.92 Å². The van der Waals surface area contributed by atoms with E-state index in [4.69, 9.17) is 16.7 Å². The number of halogens is 1. The van der Waals surface area contributed by atoms with E-state index in [-0.39, 0.29) is 5.78 Å². The third kappa shape index (κ3) is 4.17. The topological polar surface area (TPSA) is 34.9 Å². The van der Waals surface area contributed by atoms with E-state index in [9.17, 15) is 4.79 Å². The molecule has 0 aromatic carbocycles. The van der Waals surface area contributed by atoms with E-state index >= 15 is 0 Å². The number of carbonyl (C=O) groups is 1. The molecule has 5 heteroatoms. The molecule has 0 N–H and O–H groups in total. The van der Waals surface area contributed by atoms with Crippen molar-refractivity contribution in [2.24, 2.45) is 5.92 Å². The van der Waals surface area contributed by atoms with Crippen LogP contribution < -0.4 is 0 Å². The van der Waals surface area contributed by atoms with Gasteiger partial charge in [0.25, 0.3) is 0 Å². The number of carbonyl (C=O) groups excluding carboxylic acids is 1. The molecule has 0 spiro atoms. The highest BCUT2D eigenvalue weighted by Gasteiger charge is 2.30. The summed E-state index contributed by atoms with van der Waals surface area (Å²) in [7, 11) is 0. The molecular weight excluding hydrogens is 376 g/mol. The number of ketones is 1. The average Bonchev–Trinajstić information content (AvgIpc) is 3.30. The highest BCUT2D eigenvalue weighted by Crippen LogP contribution is 2.40. The van der Waals surface area contributed by atoms with Crippen LogP contribution in [0.1, 0.15) is 79.4 Å². The summed E-state index contributed by atoms with van der Waals surface area (Å²) in [5.74, 6) is 1.56. The van der Waals surface area contributed by atoms with Gasteiger partial charge in [0.1, 0.15) is 5.69 Å². The van der Waals surface area contributed by atoms with Crippen LogP contribution in [0.15, 0.2) is 11.4 Å². The van der Waals surface area contributed by atoms with E-state index in [2.05, 4.69) is 16.1 Å². The van der Waals surface area contributed by atoms with Crippen LogP contribution in [0.2, 0.25) is 0 Å². The molecule has 4 rings (SSSR count). The molecule has 0 atom stereocenters. The Morgan fingerprint density at radius 3 is 2.85 bits per heavy atom. The van der Waals surface area contributed by atoms with E-state index in [1.54, 1.807) is 11.3 Å². The van der Waals surface area contributed by atoms with Crippen LogP contribution in [-0.2, 0) is 19.4 Å². The highest BCUT2D eigenvalue weighted by atomic mass is 35.5. The van der Waals surface area contributed by atoms with Gasteiger partial charge in [0.2, 0.25) is 0 Å². The number of Topliss-reactive ketones (excluding diaryl/α,β-unsaturated/α-hetero) is 1. The van der Waals surface area contributed by atoms with Crippen molar-refractivity contribution in [1.29, 1.82) is 0 Å². The van der Waals surface area contributed by atoms with Gasteiger partial charge in [-0.25, -0.2) is 0 Å². The Kier molecular flexibility index (Phi) is 6.34. The molecule has 0 saturated heterocycles. The fourth-order valence-corrected chi connectivity index (χ4v) is 5.88. The summed E-state index contributed by atoms with van der Waals surface area (Å²) in [6.45, 7) is 0.882. The summed E-state index contributed by atoms with van der Waals surface area (Å²) >= 11 is 7.62. The summed E-state index contributed by atoms with van der Waals surface area (Å²) < 4.78 is 2.13. The maximum atomic E-state index is 13.1. The normalized spacial score (nSPS) is 16.9. The maximum absolute atomic E-state index is 13.1. The molecule has 3 nitrogen and oxygen atoms in total. The lowest BCUT2D eigenvalue weighted by molar-refractivity contribution is 0.0943. The van der Waals surface area contributed by atoms with Gasteiger partial charge in [-0.1, -0.05) is 38.5 Å². The first-order valence-corrected chi connectivity index (χ1v) is 11.9. The Hall–Kier alpha value is -1.13. The fourth-order valence-electron chi connectivity index (χ4n) is 4.66. The van der Waals surface area contributed by atoms with Crippen molar-refractivity contribution in [3.8, 4) is 10.6 Å². The first-order valence-electron chi connectivity index (χ1n) is 10.5. The van der Waals surface area contributed by atoms with E-state index in [1.165, 1.54) is 53.8 Å². The lowest BCUT2D eigenvalue weighted by Crippen LogP contribution is -2.14. The van der Waals surface area contributed by atoms with Crippen LogP contribution in [-0.4, -0.2) is 21.4 Å². The Labute approximate surface area is 171 Å². The molecule has 1 saturated carbocycles. The average molecular weight is 405 g/mol. The van der Waals surface area contributed by atoms with Gasteiger partial charge in [0.05, 0.1) is 10.6 Å². The molecule has 2 aromatic rings. The predicted octanol–water partition coefficient (Wildman–Crippen LogP) is 6.27. The molecule has 0 unspecified atom stereocenters. The fraction of sp³-hybridized carbons (Fsp3) is 0.636. The van der Waals surface area contributed by atoms with Crippen LogP contribution in [0.4, 0.5) is 0 Å². The summed E-state index contributed by atoms with van der Waals surface area (Å²) in [4.78, 5) is 14.5. The number of hydrogen-bond acceptors (Lipinski definition) is 3. The monoisotopic (exact) mass is 404 g/mol. The smallest absolute Gasteiger partial charge is 0.183 e. The third-order valence-electron chi connectivity index (χ3n) is 6.12. The van der Waals surface area contributed by atoms with Gasteiger partial charge in [-0.3, -0.25) is 9.48 Å². The molecule has 0 bridgehead atoms. The number of fused-ring (bicyclic) bond motifs is 3. The second-order valence-corrected chi connectivity index (χ2v) is 9.35. The minimum atomic E-state index is 0.276. The number of rotatable bonds is 8. The summed E-state index contributed by atoms with van der Waals surface area (Å²) in [6, 6.07) is 2.23. The molecule has 0 radical (unpaired) electrons. The molecule has 0 aliphatic heterocycles. The zero-order chi connectivity index (χ0) is 18.6. The number of unbranched alkanes of at least 4 members (excludes halogenated alkanes) is 2. The van der Waals surface area contributed by atoms with Crippen LogP contribution in [0.25, 0.3) is 10.6 Å². The number of aromatic nitrogens is 2. The Morgan fingerprint density at radius 1 is 1.19 bits per heavy atom. The second kappa shape index (κ2) is 8.91. The summed E-state index contributed by atoms with van der Waals surface area (Å²) in [5.41, 5.74) is 4.62. The van der Waals surface area contributed by atoms with Crippen molar-refractivity contribution in [3.05, 3.63) is 28.3 Å².